The quantitative estimate of drug-likeness (QED) is 0.745. The fraction of sp³-hybridized carbons (Fsp3) is 0.211. The minimum atomic E-state index is -3.80. The lowest BCUT2D eigenvalue weighted by molar-refractivity contribution is 0.588. The third-order valence-corrected chi connectivity index (χ3v) is 6.61. The standard InChI is InChI=1S/C19H18ClN3O2S/c1-13-2-4-15(5-3-13)26(24,25)23-18(14-6-9-21-10-7-14)12-16-17(20)8-11-22-19(16)23/h2-6,8,11-12,21H,7,9-10H2,1H3. The maximum Gasteiger partial charge on any atom is 0.269 e. The number of halogens is 1. The lowest BCUT2D eigenvalue weighted by Gasteiger charge is -2.17. The minimum Gasteiger partial charge on any atom is -0.313 e. The van der Waals surface area contributed by atoms with E-state index in [1.165, 1.54) is 10.2 Å². The third kappa shape index (κ3) is 2.84. The highest BCUT2D eigenvalue weighted by Gasteiger charge is 2.26. The molecule has 26 heavy (non-hydrogen) atoms. The van der Waals surface area contributed by atoms with Gasteiger partial charge in [-0.15, -0.1) is 0 Å². The molecular formula is C19H18ClN3O2S. The van der Waals surface area contributed by atoms with Gasteiger partial charge in [0.15, 0.2) is 5.65 Å². The number of hydrogen-bond acceptors (Lipinski definition) is 4. The molecule has 0 atom stereocenters. The Morgan fingerprint density at radius 1 is 1.19 bits per heavy atom. The number of rotatable bonds is 3. The van der Waals surface area contributed by atoms with Crippen molar-refractivity contribution in [3.8, 4) is 0 Å². The molecule has 4 rings (SSSR count). The summed E-state index contributed by atoms with van der Waals surface area (Å²) in [7, 11) is -3.80. The van der Waals surface area contributed by atoms with E-state index in [4.69, 9.17) is 11.6 Å². The predicted molar refractivity (Wildman–Crippen MR) is 104 cm³/mol. The van der Waals surface area contributed by atoms with Gasteiger partial charge in [0.2, 0.25) is 0 Å². The summed E-state index contributed by atoms with van der Waals surface area (Å²) >= 11 is 6.32. The molecule has 0 saturated heterocycles. The zero-order chi connectivity index (χ0) is 18.3. The molecular weight excluding hydrogens is 370 g/mol. The van der Waals surface area contributed by atoms with Crippen LogP contribution in [0.5, 0.6) is 0 Å². The van der Waals surface area contributed by atoms with E-state index in [0.717, 1.165) is 24.1 Å². The molecule has 3 aromatic rings. The number of fused-ring (bicyclic) bond motifs is 1. The van der Waals surface area contributed by atoms with E-state index in [-0.39, 0.29) is 4.90 Å². The van der Waals surface area contributed by atoms with Crippen LogP contribution in [-0.2, 0) is 10.0 Å². The lowest BCUT2D eigenvalue weighted by Crippen LogP contribution is -2.22. The number of nitrogens with zero attached hydrogens (tertiary/aromatic N) is 2. The van der Waals surface area contributed by atoms with Gasteiger partial charge in [0.05, 0.1) is 15.6 Å². The van der Waals surface area contributed by atoms with Gasteiger partial charge < -0.3 is 5.32 Å². The highest BCUT2D eigenvalue weighted by Crippen LogP contribution is 2.33. The van der Waals surface area contributed by atoms with Gasteiger partial charge in [-0.25, -0.2) is 17.4 Å². The number of hydrogen-bond donors (Lipinski definition) is 1. The average Bonchev–Trinajstić information content (AvgIpc) is 3.05. The number of pyridine rings is 1. The van der Waals surface area contributed by atoms with Crippen LogP contribution < -0.4 is 5.32 Å². The molecule has 7 heteroatoms. The van der Waals surface area contributed by atoms with E-state index in [2.05, 4.69) is 10.3 Å². The molecule has 1 aliphatic rings. The second-order valence-electron chi connectivity index (χ2n) is 6.33. The summed E-state index contributed by atoms with van der Waals surface area (Å²) in [5.74, 6) is 0. The second-order valence-corrected chi connectivity index (χ2v) is 8.52. The van der Waals surface area contributed by atoms with Crippen molar-refractivity contribution in [2.75, 3.05) is 13.1 Å². The van der Waals surface area contributed by atoms with E-state index in [9.17, 15) is 8.42 Å². The van der Waals surface area contributed by atoms with Gasteiger partial charge in [-0.1, -0.05) is 35.4 Å². The first kappa shape index (κ1) is 17.3. The molecule has 0 fully saturated rings. The molecule has 134 valence electrons. The van der Waals surface area contributed by atoms with Crippen molar-refractivity contribution in [1.82, 2.24) is 14.3 Å². The lowest BCUT2D eigenvalue weighted by atomic mass is 10.1. The molecule has 0 amide bonds. The Balaban J connectivity index is 2.02. The molecule has 1 N–H and O–H groups in total. The molecule has 0 radical (unpaired) electrons. The van der Waals surface area contributed by atoms with Gasteiger partial charge in [0.1, 0.15) is 0 Å². The molecule has 0 bridgehead atoms. The van der Waals surface area contributed by atoms with Gasteiger partial charge >= 0.3 is 0 Å². The Bertz CT molecular complexity index is 1120. The topological polar surface area (TPSA) is 64.0 Å². The van der Waals surface area contributed by atoms with Gasteiger partial charge in [-0.05, 0) is 49.7 Å². The highest BCUT2D eigenvalue weighted by molar-refractivity contribution is 7.90. The minimum absolute atomic E-state index is 0.234. The van der Waals surface area contributed by atoms with Crippen LogP contribution in [-0.4, -0.2) is 30.5 Å². The van der Waals surface area contributed by atoms with Crippen molar-refractivity contribution in [2.24, 2.45) is 0 Å². The molecule has 2 aromatic heterocycles. The smallest absolute Gasteiger partial charge is 0.269 e. The van der Waals surface area contributed by atoms with Crippen molar-refractivity contribution in [2.45, 2.75) is 18.2 Å². The van der Waals surface area contributed by atoms with Crippen LogP contribution in [0.3, 0.4) is 0 Å². The highest BCUT2D eigenvalue weighted by atomic mass is 35.5. The number of nitrogens with one attached hydrogen (secondary N) is 1. The molecule has 1 aliphatic heterocycles. The summed E-state index contributed by atoms with van der Waals surface area (Å²) in [6.07, 6.45) is 4.30. The van der Waals surface area contributed by atoms with E-state index < -0.39 is 10.0 Å². The summed E-state index contributed by atoms with van der Waals surface area (Å²) in [4.78, 5) is 4.56. The predicted octanol–water partition coefficient (Wildman–Crippen LogP) is 3.61. The SMILES string of the molecule is Cc1ccc(S(=O)(=O)n2c(C3=CCNCC3)cc3c(Cl)ccnc32)cc1. The zero-order valence-corrected chi connectivity index (χ0v) is 15.8. The maximum absolute atomic E-state index is 13.4. The fourth-order valence-corrected chi connectivity index (χ4v) is 4.87. The Hall–Kier alpha value is -2.15. The first-order valence-corrected chi connectivity index (χ1v) is 10.2. The van der Waals surface area contributed by atoms with Gasteiger partial charge in [-0.2, -0.15) is 0 Å². The normalized spacial score (nSPS) is 15.2. The van der Waals surface area contributed by atoms with E-state index in [0.29, 0.717) is 28.3 Å². The van der Waals surface area contributed by atoms with Crippen molar-refractivity contribution in [3.63, 3.8) is 0 Å². The van der Waals surface area contributed by atoms with E-state index in [1.807, 2.05) is 19.1 Å². The maximum atomic E-state index is 13.4. The van der Waals surface area contributed by atoms with Crippen LogP contribution >= 0.6 is 11.6 Å². The Labute approximate surface area is 157 Å². The van der Waals surface area contributed by atoms with Crippen LogP contribution in [0.4, 0.5) is 0 Å². The first-order valence-electron chi connectivity index (χ1n) is 8.37. The second kappa shape index (κ2) is 6.54. The third-order valence-electron chi connectivity index (χ3n) is 4.56. The summed E-state index contributed by atoms with van der Waals surface area (Å²) in [6, 6.07) is 10.3. The van der Waals surface area contributed by atoms with Gasteiger partial charge in [-0.3, -0.25) is 0 Å². The molecule has 0 saturated carbocycles. The van der Waals surface area contributed by atoms with Crippen LogP contribution in [0.25, 0.3) is 16.6 Å². The molecule has 1 aromatic carbocycles. The molecule has 5 nitrogen and oxygen atoms in total. The van der Waals surface area contributed by atoms with Crippen LogP contribution in [0.15, 0.2) is 53.6 Å². The van der Waals surface area contributed by atoms with Crippen molar-refractivity contribution < 1.29 is 8.42 Å². The Morgan fingerprint density at radius 3 is 2.65 bits per heavy atom. The largest absolute Gasteiger partial charge is 0.313 e. The number of aromatic nitrogens is 2. The van der Waals surface area contributed by atoms with Crippen LogP contribution in [0.2, 0.25) is 5.02 Å². The van der Waals surface area contributed by atoms with Gasteiger partial charge in [0.25, 0.3) is 10.0 Å². The monoisotopic (exact) mass is 387 g/mol. The van der Waals surface area contributed by atoms with Crippen molar-refractivity contribution in [1.29, 1.82) is 0 Å². The van der Waals surface area contributed by atoms with Gasteiger partial charge in [0, 0.05) is 18.1 Å². The van der Waals surface area contributed by atoms with Crippen molar-refractivity contribution in [3.05, 3.63) is 65.0 Å². The zero-order valence-electron chi connectivity index (χ0n) is 14.2. The summed E-state index contributed by atoms with van der Waals surface area (Å²) in [5, 5.41) is 4.38. The number of aryl methyl sites for hydroxylation is 1. The van der Waals surface area contributed by atoms with E-state index in [1.54, 1.807) is 30.3 Å². The number of benzene rings is 1. The average molecular weight is 388 g/mol. The van der Waals surface area contributed by atoms with Crippen LogP contribution in [0, 0.1) is 6.92 Å². The Kier molecular flexibility index (Phi) is 4.34. The summed E-state index contributed by atoms with van der Waals surface area (Å²) in [6.45, 7) is 3.44. The molecule has 3 heterocycles. The summed E-state index contributed by atoms with van der Waals surface area (Å²) in [5.41, 5.74) is 2.97. The van der Waals surface area contributed by atoms with Crippen LogP contribution in [0.1, 0.15) is 17.7 Å². The van der Waals surface area contributed by atoms with Crippen molar-refractivity contribution >= 4 is 38.2 Å². The Morgan fingerprint density at radius 2 is 1.96 bits per heavy atom. The van der Waals surface area contributed by atoms with E-state index >= 15 is 0 Å². The fourth-order valence-electron chi connectivity index (χ4n) is 3.18. The first-order chi connectivity index (χ1) is 12.5. The molecule has 0 spiro atoms. The molecule has 0 unspecified atom stereocenters. The summed E-state index contributed by atoms with van der Waals surface area (Å²) < 4.78 is 28.2. The molecule has 0 aliphatic carbocycles.